The largest absolute Gasteiger partial charge is 0.386 e. The summed E-state index contributed by atoms with van der Waals surface area (Å²) in [6.07, 6.45) is 0. The molecule has 2 N–H and O–H groups in total. The van der Waals surface area contributed by atoms with E-state index in [1.165, 1.54) is 11.8 Å². The van der Waals surface area contributed by atoms with Crippen molar-refractivity contribution in [3.05, 3.63) is 23.8 Å². The predicted molar refractivity (Wildman–Crippen MR) is 72.3 cm³/mol. The molecule has 1 fully saturated rings. The van der Waals surface area contributed by atoms with E-state index >= 15 is 0 Å². The van der Waals surface area contributed by atoms with E-state index in [1.807, 2.05) is 6.07 Å². The number of nitrogens with one attached hydrogen (secondary N) is 1. The molecule has 5 nitrogen and oxygen atoms in total. The molecule has 1 saturated heterocycles. The molecular weight excluding hydrogens is 264 g/mol. The second-order valence-electron chi connectivity index (χ2n) is 5.21. The van der Waals surface area contributed by atoms with Gasteiger partial charge in [-0.15, -0.1) is 11.8 Å². The summed E-state index contributed by atoms with van der Waals surface area (Å²) in [5.74, 6) is 0.253. The molecule has 3 rings (SSSR count). The Hall–Kier alpha value is -1.53. The minimum atomic E-state index is -0.770. The number of likely N-dealkylation sites (tertiary alicyclic amines) is 1. The van der Waals surface area contributed by atoms with Gasteiger partial charge in [0.05, 0.1) is 30.1 Å². The molecular formula is C13H14N2O3S. The molecule has 0 saturated carbocycles. The van der Waals surface area contributed by atoms with Crippen LogP contribution in [0.3, 0.4) is 0 Å². The second kappa shape index (κ2) is 4.25. The number of carbonyl (C=O) groups excluding carboxylic acids is 2. The van der Waals surface area contributed by atoms with Gasteiger partial charge in [-0.25, -0.2) is 0 Å². The number of β-amino-alcohol motifs (C(OH)–C–C–N with tert-alkyl or cyclic N) is 1. The van der Waals surface area contributed by atoms with Crippen LogP contribution in [0.15, 0.2) is 23.1 Å². The molecule has 100 valence electrons. The predicted octanol–water partition coefficient (Wildman–Crippen LogP) is 0.938. The van der Waals surface area contributed by atoms with Gasteiger partial charge in [-0.2, -0.15) is 0 Å². The Morgan fingerprint density at radius 1 is 1.47 bits per heavy atom. The molecule has 2 amide bonds. The minimum absolute atomic E-state index is 0.0472. The number of hydrogen-bond donors (Lipinski definition) is 2. The van der Waals surface area contributed by atoms with Gasteiger partial charge in [-0.3, -0.25) is 9.59 Å². The Balaban J connectivity index is 1.81. The van der Waals surface area contributed by atoms with Crippen LogP contribution in [0.2, 0.25) is 0 Å². The highest BCUT2D eigenvalue weighted by molar-refractivity contribution is 8.00. The quantitative estimate of drug-likeness (QED) is 0.802. The summed E-state index contributed by atoms with van der Waals surface area (Å²) in [5.41, 5.74) is 0.463. The lowest BCUT2D eigenvalue weighted by molar-refractivity contribution is -0.113. The highest BCUT2D eigenvalue weighted by Gasteiger charge is 2.39. The summed E-state index contributed by atoms with van der Waals surface area (Å²) in [7, 11) is 0. The number of benzene rings is 1. The van der Waals surface area contributed by atoms with Crippen LogP contribution in [0.25, 0.3) is 0 Å². The zero-order valence-electron chi connectivity index (χ0n) is 10.5. The van der Waals surface area contributed by atoms with E-state index in [2.05, 4.69) is 5.32 Å². The van der Waals surface area contributed by atoms with Crippen LogP contribution < -0.4 is 5.32 Å². The van der Waals surface area contributed by atoms with E-state index in [0.29, 0.717) is 30.1 Å². The average Bonchev–Trinajstić information content (AvgIpc) is 2.34. The molecule has 0 bridgehead atoms. The van der Waals surface area contributed by atoms with E-state index in [1.54, 1.807) is 24.0 Å². The Morgan fingerprint density at radius 3 is 2.89 bits per heavy atom. The molecule has 0 unspecified atom stereocenters. The third kappa shape index (κ3) is 2.33. The SMILES string of the molecule is CC1(O)CN(C(=O)c2ccc3c(c2)NC(=O)CS3)C1. The third-order valence-electron chi connectivity index (χ3n) is 3.21. The zero-order chi connectivity index (χ0) is 13.6. The van der Waals surface area contributed by atoms with Crippen molar-refractivity contribution in [3.63, 3.8) is 0 Å². The highest BCUT2D eigenvalue weighted by atomic mass is 32.2. The van der Waals surface area contributed by atoms with Gasteiger partial charge in [0.25, 0.3) is 5.91 Å². The number of anilines is 1. The van der Waals surface area contributed by atoms with Crippen molar-refractivity contribution in [1.82, 2.24) is 4.90 Å². The first-order valence-corrected chi connectivity index (χ1v) is 7.02. The summed E-state index contributed by atoms with van der Waals surface area (Å²) < 4.78 is 0. The molecule has 0 radical (unpaired) electrons. The van der Waals surface area contributed by atoms with Gasteiger partial charge in [0.15, 0.2) is 0 Å². The Labute approximate surface area is 115 Å². The molecule has 2 aliphatic heterocycles. The molecule has 1 aromatic carbocycles. The summed E-state index contributed by atoms with van der Waals surface area (Å²) >= 11 is 1.47. The standard InChI is InChI=1S/C13H14N2O3S/c1-13(18)6-15(7-13)12(17)8-2-3-10-9(4-8)14-11(16)5-19-10/h2-4,18H,5-7H2,1H3,(H,14,16). The molecule has 19 heavy (non-hydrogen) atoms. The van der Waals surface area contributed by atoms with E-state index in [-0.39, 0.29) is 11.8 Å². The average molecular weight is 278 g/mol. The van der Waals surface area contributed by atoms with Crippen molar-refractivity contribution < 1.29 is 14.7 Å². The Bertz CT molecular complexity index is 563. The first kappa shape index (κ1) is 12.5. The molecule has 0 atom stereocenters. The number of aliphatic hydroxyl groups is 1. The maximum Gasteiger partial charge on any atom is 0.254 e. The van der Waals surface area contributed by atoms with Crippen molar-refractivity contribution in [2.75, 3.05) is 24.2 Å². The van der Waals surface area contributed by atoms with Crippen LogP contribution in [0.1, 0.15) is 17.3 Å². The number of nitrogens with zero attached hydrogens (tertiary/aromatic N) is 1. The topological polar surface area (TPSA) is 69.6 Å². The number of carbonyl (C=O) groups is 2. The van der Waals surface area contributed by atoms with Gasteiger partial charge in [-0.05, 0) is 25.1 Å². The Morgan fingerprint density at radius 2 is 2.21 bits per heavy atom. The summed E-state index contributed by atoms with van der Waals surface area (Å²) in [4.78, 5) is 26.1. The Kier molecular flexibility index (Phi) is 2.79. The number of amides is 2. The normalized spacial score (nSPS) is 20.3. The number of rotatable bonds is 1. The monoisotopic (exact) mass is 278 g/mol. The molecule has 2 heterocycles. The first-order valence-electron chi connectivity index (χ1n) is 6.03. The number of hydrogen-bond acceptors (Lipinski definition) is 4. The van der Waals surface area contributed by atoms with Crippen LogP contribution in [0.5, 0.6) is 0 Å². The lowest BCUT2D eigenvalue weighted by atomic mass is 9.96. The van der Waals surface area contributed by atoms with Crippen LogP contribution in [-0.4, -0.2) is 46.3 Å². The van der Waals surface area contributed by atoms with Crippen molar-refractivity contribution in [1.29, 1.82) is 0 Å². The van der Waals surface area contributed by atoms with E-state index < -0.39 is 5.60 Å². The van der Waals surface area contributed by atoms with Crippen LogP contribution >= 0.6 is 11.8 Å². The summed E-state index contributed by atoms with van der Waals surface area (Å²) in [5, 5.41) is 12.4. The fourth-order valence-corrected chi connectivity index (χ4v) is 3.11. The summed E-state index contributed by atoms with van der Waals surface area (Å²) in [6.45, 7) is 2.41. The van der Waals surface area contributed by atoms with Gasteiger partial charge >= 0.3 is 0 Å². The smallest absolute Gasteiger partial charge is 0.254 e. The maximum absolute atomic E-state index is 12.2. The lowest BCUT2D eigenvalue weighted by Gasteiger charge is -2.44. The van der Waals surface area contributed by atoms with Crippen LogP contribution in [0, 0.1) is 0 Å². The number of thioether (sulfide) groups is 1. The molecule has 0 spiro atoms. The van der Waals surface area contributed by atoms with Gasteiger partial charge in [0.2, 0.25) is 5.91 Å². The van der Waals surface area contributed by atoms with E-state index in [9.17, 15) is 14.7 Å². The van der Waals surface area contributed by atoms with Crippen LogP contribution in [-0.2, 0) is 4.79 Å². The molecule has 6 heteroatoms. The molecule has 1 aromatic rings. The number of fused-ring (bicyclic) bond motifs is 1. The van der Waals surface area contributed by atoms with E-state index in [4.69, 9.17) is 0 Å². The summed E-state index contributed by atoms with van der Waals surface area (Å²) in [6, 6.07) is 5.32. The molecule has 0 aromatic heterocycles. The van der Waals surface area contributed by atoms with Crippen molar-refractivity contribution in [2.24, 2.45) is 0 Å². The van der Waals surface area contributed by atoms with Gasteiger partial charge in [0, 0.05) is 10.5 Å². The lowest BCUT2D eigenvalue weighted by Crippen LogP contribution is -2.61. The van der Waals surface area contributed by atoms with Gasteiger partial charge in [-0.1, -0.05) is 0 Å². The first-order chi connectivity index (χ1) is 8.94. The van der Waals surface area contributed by atoms with Crippen molar-refractivity contribution >= 4 is 29.3 Å². The van der Waals surface area contributed by atoms with Crippen molar-refractivity contribution in [3.8, 4) is 0 Å². The van der Waals surface area contributed by atoms with Gasteiger partial charge in [0.1, 0.15) is 0 Å². The zero-order valence-corrected chi connectivity index (χ0v) is 11.3. The minimum Gasteiger partial charge on any atom is -0.386 e. The fourth-order valence-electron chi connectivity index (χ4n) is 2.32. The maximum atomic E-state index is 12.2. The molecule has 2 aliphatic rings. The second-order valence-corrected chi connectivity index (χ2v) is 6.22. The third-order valence-corrected chi connectivity index (χ3v) is 4.28. The van der Waals surface area contributed by atoms with Crippen molar-refractivity contribution in [2.45, 2.75) is 17.4 Å². The highest BCUT2D eigenvalue weighted by Crippen LogP contribution is 2.33. The van der Waals surface area contributed by atoms with Crippen LogP contribution in [0.4, 0.5) is 5.69 Å². The van der Waals surface area contributed by atoms with Gasteiger partial charge < -0.3 is 15.3 Å². The molecule has 0 aliphatic carbocycles. The van der Waals surface area contributed by atoms with E-state index in [0.717, 1.165) is 4.90 Å². The fraction of sp³-hybridized carbons (Fsp3) is 0.385.